The van der Waals surface area contributed by atoms with Crippen LogP contribution in [0.2, 0.25) is 0 Å². The normalized spacial score (nSPS) is 13.6. The molecule has 0 amide bonds. The summed E-state index contributed by atoms with van der Waals surface area (Å²) in [7, 11) is 0. The molecule has 1 unspecified atom stereocenters. The minimum absolute atomic E-state index is 0.163. The summed E-state index contributed by atoms with van der Waals surface area (Å²) < 4.78 is 5.81. The van der Waals surface area contributed by atoms with Gasteiger partial charge >= 0.3 is 0 Å². The Labute approximate surface area is 98.8 Å². The predicted octanol–water partition coefficient (Wildman–Crippen LogP) is 3.10. The number of hydrogen-bond donors (Lipinski definition) is 1. The number of ether oxygens (including phenoxy) is 1. The fourth-order valence-electron chi connectivity index (χ4n) is 1.56. The van der Waals surface area contributed by atoms with Gasteiger partial charge in [0, 0.05) is 0 Å². The van der Waals surface area contributed by atoms with E-state index in [0.717, 1.165) is 12.2 Å². The topological polar surface area (TPSA) is 35.2 Å². The monoisotopic (exact) mass is 221 g/mol. The zero-order valence-corrected chi connectivity index (χ0v) is 10.8. The van der Waals surface area contributed by atoms with E-state index in [0.29, 0.717) is 6.54 Å². The van der Waals surface area contributed by atoms with Gasteiger partial charge in [-0.3, -0.25) is 0 Å². The first-order valence-electron chi connectivity index (χ1n) is 5.91. The number of hydrogen-bond acceptors (Lipinski definition) is 2. The molecule has 1 aromatic carbocycles. The molecule has 0 bridgehead atoms. The molecular formula is C14H23NO. The Balaban J connectivity index is 2.75. The maximum absolute atomic E-state index is 5.81. The van der Waals surface area contributed by atoms with Gasteiger partial charge in [0.25, 0.3) is 0 Å². The lowest BCUT2D eigenvalue weighted by Crippen LogP contribution is -2.17. The third-order valence-electron chi connectivity index (χ3n) is 2.61. The van der Waals surface area contributed by atoms with Crippen molar-refractivity contribution in [3.63, 3.8) is 0 Å². The van der Waals surface area contributed by atoms with E-state index < -0.39 is 0 Å². The van der Waals surface area contributed by atoms with Gasteiger partial charge in [0.1, 0.15) is 5.75 Å². The second-order valence-electron chi connectivity index (χ2n) is 5.28. The van der Waals surface area contributed by atoms with Crippen molar-refractivity contribution in [1.29, 1.82) is 0 Å². The Bertz CT molecular complexity index is 328. The Morgan fingerprint density at radius 2 is 2.00 bits per heavy atom. The highest BCUT2D eigenvalue weighted by Crippen LogP contribution is 2.26. The highest BCUT2D eigenvalue weighted by atomic mass is 16.5. The van der Waals surface area contributed by atoms with Crippen LogP contribution in [-0.2, 0) is 5.41 Å². The molecule has 90 valence electrons. The molecule has 0 heterocycles. The lowest BCUT2D eigenvalue weighted by Gasteiger charge is -2.21. The van der Waals surface area contributed by atoms with E-state index >= 15 is 0 Å². The SMILES string of the molecule is CC(CCN)Oc1cccc(C(C)(C)C)c1. The fourth-order valence-corrected chi connectivity index (χ4v) is 1.56. The van der Waals surface area contributed by atoms with Gasteiger partial charge < -0.3 is 10.5 Å². The van der Waals surface area contributed by atoms with Gasteiger partial charge in [-0.25, -0.2) is 0 Å². The lowest BCUT2D eigenvalue weighted by atomic mass is 9.87. The van der Waals surface area contributed by atoms with Crippen molar-refractivity contribution in [2.24, 2.45) is 5.73 Å². The number of benzene rings is 1. The molecule has 0 aliphatic heterocycles. The van der Waals surface area contributed by atoms with E-state index in [1.807, 2.05) is 12.1 Å². The van der Waals surface area contributed by atoms with E-state index in [9.17, 15) is 0 Å². The molecule has 2 heteroatoms. The Hall–Kier alpha value is -1.02. The van der Waals surface area contributed by atoms with Crippen molar-refractivity contribution >= 4 is 0 Å². The fraction of sp³-hybridized carbons (Fsp3) is 0.571. The summed E-state index contributed by atoms with van der Waals surface area (Å²) in [6.07, 6.45) is 1.07. The second kappa shape index (κ2) is 5.35. The maximum atomic E-state index is 5.81. The number of rotatable bonds is 4. The van der Waals surface area contributed by atoms with Crippen LogP contribution in [0.4, 0.5) is 0 Å². The molecule has 0 saturated heterocycles. The average molecular weight is 221 g/mol. The van der Waals surface area contributed by atoms with Crippen molar-refractivity contribution in [3.05, 3.63) is 29.8 Å². The zero-order chi connectivity index (χ0) is 12.2. The first-order chi connectivity index (χ1) is 7.43. The summed E-state index contributed by atoms with van der Waals surface area (Å²) in [6, 6.07) is 8.31. The second-order valence-corrected chi connectivity index (χ2v) is 5.28. The van der Waals surface area contributed by atoms with Crippen molar-refractivity contribution in [2.45, 2.75) is 45.6 Å². The van der Waals surface area contributed by atoms with Gasteiger partial charge in [0.15, 0.2) is 0 Å². The third-order valence-corrected chi connectivity index (χ3v) is 2.61. The van der Waals surface area contributed by atoms with Crippen LogP contribution in [0.1, 0.15) is 39.7 Å². The Kier molecular flexibility index (Phi) is 4.36. The van der Waals surface area contributed by atoms with Gasteiger partial charge in [0.05, 0.1) is 6.10 Å². The van der Waals surface area contributed by atoms with Crippen molar-refractivity contribution in [2.75, 3.05) is 6.54 Å². The molecule has 0 radical (unpaired) electrons. The molecule has 1 rings (SSSR count). The van der Waals surface area contributed by atoms with Crippen LogP contribution < -0.4 is 10.5 Å². The summed E-state index contributed by atoms with van der Waals surface area (Å²) >= 11 is 0. The van der Waals surface area contributed by atoms with Crippen LogP contribution in [0.15, 0.2) is 24.3 Å². The molecule has 0 aliphatic carbocycles. The smallest absolute Gasteiger partial charge is 0.119 e. The van der Waals surface area contributed by atoms with Gasteiger partial charge in [-0.2, -0.15) is 0 Å². The predicted molar refractivity (Wildman–Crippen MR) is 68.9 cm³/mol. The quantitative estimate of drug-likeness (QED) is 0.848. The van der Waals surface area contributed by atoms with Gasteiger partial charge in [-0.1, -0.05) is 32.9 Å². The largest absolute Gasteiger partial charge is 0.491 e. The first-order valence-corrected chi connectivity index (χ1v) is 5.91. The van der Waals surface area contributed by atoms with E-state index in [4.69, 9.17) is 10.5 Å². The molecule has 0 saturated carbocycles. The van der Waals surface area contributed by atoms with Crippen molar-refractivity contribution < 1.29 is 4.74 Å². The summed E-state index contributed by atoms with van der Waals surface area (Å²) in [6.45, 7) is 9.33. The van der Waals surface area contributed by atoms with Crippen LogP contribution in [-0.4, -0.2) is 12.6 Å². The molecule has 0 aromatic heterocycles. The molecule has 1 atom stereocenters. The molecule has 16 heavy (non-hydrogen) atoms. The van der Waals surface area contributed by atoms with Gasteiger partial charge in [-0.05, 0) is 43.0 Å². The Morgan fingerprint density at radius 1 is 1.31 bits per heavy atom. The highest BCUT2D eigenvalue weighted by Gasteiger charge is 2.14. The van der Waals surface area contributed by atoms with Crippen LogP contribution in [0.25, 0.3) is 0 Å². The van der Waals surface area contributed by atoms with Crippen LogP contribution in [0, 0.1) is 0 Å². The molecule has 2 nitrogen and oxygen atoms in total. The molecule has 0 spiro atoms. The summed E-state index contributed by atoms with van der Waals surface area (Å²) in [4.78, 5) is 0. The summed E-state index contributed by atoms with van der Waals surface area (Å²) in [5, 5.41) is 0. The van der Waals surface area contributed by atoms with E-state index in [-0.39, 0.29) is 11.5 Å². The minimum atomic E-state index is 0.163. The van der Waals surface area contributed by atoms with Crippen molar-refractivity contribution in [3.8, 4) is 5.75 Å². The number of nitrogens with two attached hydrogens (primary N) is 1. The van der Waals surface area contributed by atoms with Crippen molar-refractivity contribution in [1.82, 2.24) is 0 Å². The molecule has 0 aliphatic rings. The molecule has 0 fully saturated rings. The molecule has 2 N–H and O–H groups in total. The van der Waals surface area contributed by atoms with Gasteiger partial charge in [-0.15, -0.1) is 0 Å². The Morgan fingerprint density at radius 3 is 2.56 bits per heavy atom. The van der Waals surface area contributed by atoms with Crippen LogP contribution in [0.3, 0.4) is 0 Å². The summed E-state index contributed by atoms with van der Waals surface area (Å²) in [5.41, 5.74) is 6.96. The van der Waals surface area contributed by atoms with E-state index in [2.05, 4.69) is 39.8 Å². The average Bonchev–Trinajstić information content (AvgIpc) is 2.17. The zero-order valence-electron chi connectivity index (χ0n) is 10.8. The first kappa shape index (κ1) is 13.0. The van der Waals surface area contributed by atoms with E-state index in [1.165, 1.54) is 5.56 Å². The van der Waals surface area contributed by atoms with Crippen LogP contribution in [0.5, 0.6) is 5.75 Å². The molecular weight excluding hydrogens is 198 g/mol. The lowest BCUT2D eigenvalue weighted by molar-refractivity contribution is 0.213. The highest BCUT2D eigenvalue weighted by molar-refractivity contribution is 5.32. The van der Waals surface area contributed by atoms with Gasteiger partial charge in [0.2, 0.25) is 0 Å². The summed E-state index contributed by atoms with van der Waals surface area (Å²) in [5.74, 6) is 0.938. The van der Waals surface area contributed by atoms with Crippen LogP contribution >= 0.6 is 0 Å². The third kappa shape index (κ3) is 3.86. The maximum Gasteiger partial charge on any atom is 0.119 e. The van der Waals surface area contributed by atoms with E-state index in [1.54, 1.807) is 0 Å². The standard InChI is InChI=1S/C14H23NO/c1-11(8-9-15)16-13-7-5-6-12(10-13)14(2,3)4/h5-7,10-11H,8-9,15H2,1-4H3. The molecule has 1 aromatic rings. The minimum Gasteiger partial charge on any atom is -0.491 e.